The van der Waals surface area contributed by atoms with Crippen molar-refractivity contribution < 1.29 is 13.6 Å². The van der Waals surface area contributed by atoms with Gasteiger partial charge in [0.1, 0.15) is 11.6 Å². The highest BCUT2D eigenvalue weighted by atomic mass is 19.1. The first-order valence-electron chi connectivity index (χ1n) is 4.08. The molecular formula is C9H10F2N2O. The second kappa shape index (κ2) is 4.66. The van der Waals surface area contributed by atoms with Gasteiger partial charge in [0.2, 0.25) is 5.91 Å². The van der Waals surface area contributed by atoms with E-state index < -0.39 is 17.5 Å². The summed E-state index contributed by atoms with van der Waals surface area (Å²) in [5.41, 5.74) is 4.96. The Balaban J connectivity index is 2.75. The van der Waals surface area contributed by atoms with Gasteiger partial charge in [-0.25, -0.2) is 8.78 Å². The molecule has 0 bridgehead atoms. The molecule has 3 N–H and O–H groups in total. The number of hydrogen-bond donors (Lipinski definition) is 2. The zero-order chi connectivity index (χ0) is 10.6. The van der Waals surface area contributed by atoms with Crippen LogP contribution in [0.25, 0.3) is 0 Å². The number of nitrogens with two attached hydrogens (primary N) is 1. The van der Waals surface area contributed by atoms with Gasteiger partial charge in [0.25, 0.3) is 0 Å². The first-order valence-corrected chi connectivity index (χ1v) is 4.08. The summed E-state index contributed by atoms with van der Waals surface area (Å²) in [5.74, 6) is -1.71. The highest BCUT2D eigenvalue weighted by Crippen LogP contribution is 2.15. The number of hydrogen-bond acceptors (Lipinski definition) is 2. The molecule has 0 aliphatic rings. The van der Waals surface area contributed by atoms with Gasteiger partial charge < -0.3 is 11.1 Å². The summed E-state index contributed by atoms with van der Waals surface area (Å²) in [6.45, 7) is 0.169. The topological polar surface area (TPSA) is 55.1 Å². The lowest BCUT2D eigenvalue weighted by atomic mass is 10.3. The molecule has 14 heavy (non-hydrogen) atoms. The molecule has 0 saturated carbocycles. The van der Waals surface area contributed by atoms with E-state index in [1.165, 1.54) is 0 Å². The van der Waals surface area contributed by atoms with E-state index >= 15 is 0 Å². The third kappa shape index (κ3) is 2.77. The summed E-state index contributed by atoms with van der Waals surface area (Å²) in [4.78, 5) is 11.0. The Morgan fingerprint density at radius 2 is 2.14 bits per heavy atom. The summed E-state index contributed by atoms with van der Waals surface area (Å²) in [6.07, 6.45) is 0.0793. The number of nitrogens with one attached hydrogen (secondary N) is 1. The Labute approximate surface area is 79.9 Å². The maximum atomic E-state index is 13.0. The predicted molar refractivity (Wildman–Crippen MR) is 48.7 cm³/mol. The number of halogens is 2. The quantitative estimate of drug-likeness (QED) is 0.771. The Bertz CT molecular complexity index is 342. The molecule has 76 valence electrons. The van der Waals surface area contributed by atoms with Gasteiger partial charge in [0.05, 0.1) is 5.69 Å². The molecule has 0 spiro atoms. The van der Waals surface area contributed by atoms with Crippen molar-refractivity contribution in [1.29, 1.82) is 0 Å². The van der Waals surface area contributed by atoms with Crippen LogP contribution in [0.2, 0.25) is 0 Å². The van der Waals surface area contributed by atoms with Crippen LogP contribution in [0.4, 0.5) is 14.5 Å². The summed E-state index contributed by atoms with van der Waals surface area (Å²) < 4.78 is 25.6. The van der Waals surface area contributed by atoms with Crippen molar-refractivity contribution >= 4 is 11.6 Å². The zero-order valence-corrected chi connectivity index (χ0v) is 7.39. The highest BCUT2D eigenvalue weighted by Gasteiger charge is 2.06. The summed E-state index contributed by atoms with van der Waals surface area (Å²) in [5, 5.41) is 2.22. The van der Waals surface area contributed by atoms with Crippen LogP contribution >= 0.6 is 0 Å². The number of amides is 1. The normalized spacial score (nSPS) is 9.93. The van der Waals surface area contributed by atoms with Gasteiger partial charge in [0.15, 0.2) is 0 Å². The third-order valence-corrected chi connectivity index (χ3v) is 1.57. The van der Waals surface area contributed by atoms with E-state index in [-0.39, 0.29) is 18.7 Å². The minimum absolute atomic E-state index is 0.0793. The molecule has 3 nitrogen and oxygen atoms in total. The van der Waals surface area contributed by atoms with Crippen molar-refractivity contribution in [3.63, 3.8) is 0 Å². The lowest BCUT2D eigenvalue weighted by Gasteiger charge is -2.05. The number of anilines is 1. The average Bonchev–Trinajstić information content (AvgIpc) is 2.12. The molecule has 1 amide bonds. The van der Waals surface area contributed by atoms with Crippen molar-refractivity contribution in [1.82, 2.24) is 0 Å². The second-order valence-electron chi connectivity index (χ2n) is 2.71. The van der Waals surface area contributed by atoms with Crippen LogP contribution in [-0.2, 0) is 4.79 Å². The van der Waals surface area contributed by atoms with Crippen LogP contribution in [-0.4, -0.2) is 12.5 Å². The van der Waals surface area contributed by atoms with E-state index in [4.69, 9.17) is 5.73 Å². The summed E-state index contributed by atoms with van der Waals surface area (Å²) in [6, 6.07) is 2.85. The van der Waals surface area contributed by atoms with Gasteiger partial charge in [-0.3, -0.25) is 4.79 Å². The van der Waals surface area contributed by atoms with Crippen LogP contribution in [0.5, 0.6) is 0 Å². The average molecular weight is 200 g/mol. The van der Waals surface area contributed by atoms with Crippen LogP contribution < -0.4 is 11.1 Å². The number of carbonyl (C=O) groups excluding carboxylic acids is 1. The van der Waals surface area contributed by atoms with Crippen molar-refractivity contribution in [2.24, 2.45) is 5.73 Å². The standard InChI is InChI=1S/C9H10F2N2O/c10-6-1-2-7(11)8(5-6)13-9(14)3-4-12/h1-2,5H,3-4,12H2,(H,13,14). The van der Waals surface area contributed by atoms with Gasteiger partial charge >= 0.3 is 0 Å². The molecule has 0 radical (unpaired) electrons. The molecule has 0 fully saturated rings. The largest absolute Gasteiger partial charge is 0.330 e. The zero-order valence-electron chi connectivity index (χ0n) is 7.39. The molecule has 1 aromatic rings. The molecule has 0 heterocycles. The van der Waals surface area contributed by atoms with E-state index in [1.54, 1.807) is 0 Å². The van der Waals surface area contributed by atoms with Crippen LogP contribution in [0.3, 0.4) is 0 Å². The lowest BCUT2D eigenvalue weighted by Crippen LogP contribution is -2.17. The van der Waals surface area contributed by atoms with E-state index in [1.807, 2.05) is 0 Å². The van der Waals surface area contributed by atoms with Crippen molar-refractivity contribution in [3.05, 3.63) is 29.8 Å². The Kier molecular flexibility index (Phi) is 3.53. The number of carbonyl (C=O) groups is 1. The molecule has 0 unspecified atom stereocenters. The Morgan fingerprint density at radius 1 is 1.43 bits per heavy atom. The Hall–Kier alpha value is -1.49. The number of benzene rings is 1. The Morgan fingerprint density at radius 3 is 2.79 bits per heavy atom. The fraction of sp³-hybridized carbons (Fsp3) is 0.222. The molecule has 5 heteroatoms. The first kappa shape index (κ1) is 10.6. The van der Waals surface area contributed by atoms with Crippen LogP contribution in [0, 0.1) is 11.6 Å². The number of rotatable bonds is 3. The molecule has 0 aromatic heterocycles. The summed E-state index contributed by atoms with van der Waals surface area (Å²) in [7, 11) is 0. The fourth-order valence-electron chi connectivity index (χ4n) is 0.937. The maximum Gasteiger partial charge on any atom is 0.225 e. The third-order valence-electron chi connectivity index (χ3n) is 1.57. The molecule has 1 aromatic carbocycles. The van der Waals surface area contributed by atoms with Gasteiger partial charge in [-0.05, 0) is 12.1 Å². The van der Waals surface area contributed by atoms with E-state index in [2.05, 4.69) is 5.32 Å². The maximum absolute atomic E-state index is 13.0. The van der Waals surface area contributed by atoms with E-state index in [9.17, 15) is 13.6 Å². The van der Waals surface area contributed by atoms with Crippen molar-refractivity contribution in [2.75, 3.05) is 11.9 Å². The van der Waals surface area contributed by atoms with E-state index in [0.29, 0.717) is 0 Å². The second-order valence-corrected chi connectivity index (χ2v) is 2.71. The van der Waals surface area contributed by atoms with Crippen molar-refractivity contribution in [3.8, 4) is 0 Å². The molecule has 0 aliphatic carbocycles. The summed E-state index contributed by atoms with van der Waals surface area (Å²) >= 11 is 0. The molecular weight excluding hydrogens is 190 g/mol. The smallest absolute Gasteiger partial charge is 0.225 e. The van der Waals surface area contributed by atoms with Crippen LogP contribution in [0.15, 0.2) is 18.2 Å². The van der Waals surface area contributed by atoms with Crippen molar-refractivity contribution in [2.45, 2.75) is 6.42 Å². The SMILES string of the molecule is NCCC(=O)Nc1cc(F)ccc1F. The minimum Gasteiger partial charge on any atom is -0.330 e. The lowest BCUT2D eigenvalue weighted by molar-refractivity contribution is -0.116. The highest BCUT2D eigenvalue weighted by molar-refractivity contribution is 5.90. The molecule has 0 atom stereocenters. The molecule has 1 rings (SSSR count). The fourth-order valence-corrected chi connectivity index (χ4v) is 0.937. The minimum atomic E-state index is -0.670. The predicted octanol–water partition coefficient (Wildman–Crippen LogP) is 1.25. The van der Waals surface area contributed by atoms with Gasteiger partial charge in [-0.15, -0.1) is 0 Å². The van der Waals surface area contributed by atoms with Gasteiger partial charge in [0, 0.05) is 19.0 Å². The van der Waals surface area contributed by atoms with Gasteiger partial charge in [-0.2, -0.15) is 0 Å². The van der Waals surface area contributed by atoms with E-state index in [0.717, 1.165) is 18.2 Å². The van der Waals surface area contributed by atoms with Crippen LogP contribution in [0.1, 0.15) is 6.42 Å². The monoisotopic (exact) mass is 200 g/mol. The van der Waals surface area contributed by atoms with Gasteiger partial charge in [-0.1, -0.05) is 0 Å². The molecule has 0 aliphatic heterocycles. The first-order chi connectivity index (χ1) is 6.63. The molecule has 0 saturated heterocycles.